The molecule has 2 N–H and O–H groups in total. The van der Waals surface area contributed by atoms with Crippen LogP contribution in [0.2, 0.25) is 5.02 Å². The molecule has 0 saturated carbocycles. The van der Waals surface area contributed by atoms with Crippen molar-refractivity contribution in [2.75, 3.05) is 24.7 Å². The van der Waals surface area contributed by atoms with Gasteiger partial charge in [-0.15, -0.1) is 6.42 Å². The summed E-state index contributed by atoms with van der Waals surface area (Å²) in [6.07, 6.45) is 8.30. The molecule has 0 aliphatic rings. The molecule has 0 aliphatic carbocycles. The number of carbonyl (C=O) groups excluding carboxylic acids is 2. The second kappa shape index (κ2) is 10.4. The van der Waals surface area contributed by atoms with Crippen LogP contribution in [0.25, 0.3) is 0 Å². The van der Waals surface area contributed by atoms with E-state index in [-0.39, 0.29) is 22.6 Å². The monoisotopic (exact) mass is 463 g/mol. The van der Waals surface area contributed by atoms with Gasteiger partial charge in [0.25, 0.3) is 11.8 Å². The van der Waals surface area contributed by atoms with E-state index in [1.807, 2.05) is 0 Å². The van der Waals surface area contributed by atoms with Crippen molar-refractivity contribution in [3.05, 3.63) is 87.8 Å². The average Bonchev–Trinajstić information content (AvgIpc) is 2.79. The number of aromatic nitrogens is 1. The maximum absolute atomic E-state index is 14.6. The Morgan fingerprint density at radius 2 is 1.85 bits per heavy atom. The lowest BCUT2D eigenvalue weighted by molar-refractivity contribution is 0.102. The maximum Gasteiger partial charge on any atom is 0.258 e. The average molecular weight is 464 g/mol. The molecule has 0 unspecified atom stereocenters. The lowest BCUT2D eigenvalue weighted by Crippen LogP contribution is -2.19. The van der Waals surface area contributed by atoms with Crippen LogP contribution >= 0.6 is 11.6 Å². The lowest BCUT2D eigenvalue weighted by Gasteiger charge is -2.13. The number of terminal acetylenes is 1. The van der Waals surface area contributed by atoms with Crippen LogP contribution in [0.4, 0.5) is 15.9 Å². The molecule has 1 aromatic heterocycles. The summed E-state index contributed by atoms with van der Waals surface area (Å²) in [5, 5.41) is 11.2. The first kappa shape index (κ1) is 23.4. The Balaban J connectivity index is 1.86. The van der Waals surface area contributed by atoms with Gasteiger partial charge in [0.2, 0.25) is 0 Å². The molecule has 0 bridgehead atoms. The summed E-state index contributed by atoms with van der Waals surface area (Å²) in [7, 11) is 3.47. The van der Waals surface area contributed by atoms with Crippen LogP contribution < -0.4 is 10.6 Å². The molecule has 0 spiro atoms. The molecule has 3 aromatic rings. The van der Waals surface area contributed by atoms with Crippen LogP contribution in [-0.2, 0) is 0 Å². The van der Waals surface area contributed by atoms with Gasteiger partial charge in [-0.3, -0.25) is 9.59 Å². The van der Waals surface area contributed by atoms with Crippen molar-refractivity contribution in [1.29, 1.82) is 0 Å². The smallest absolute Gasteiger partial charge is 0.258 e. The molecule has 2 amide bonds. The lowest BCUT2D eigenvalue weighted by atomic mass is 10.1. The third-order valence-electron chi connectivity index (χ3n) is 4.32. The topological polar surface area (TPSA) is 86.7 Å². The number of hydrazone groups is 1. The summed E-state index contributed by atoms with van der Waals surface area (Å²) in [4.78, 5) is 29.6. The highest BCUT2D eigenvalue weighted by Crippen LogP contribution is 2.21. The molecule has 7 nitrogen and oxygen atoms in total. The molecule has 0 radical (unpaired) electrons. The Bertz CT molecular complexity index is 1270. The van der Waals surface area contributed by atoms with Gasteiger partial charge >= 0.3 is 0 Å². The summed E-state index contributed by atoms with van der Waals surface area (Å²) in [5.74, 6) is 0.679. The number of nitrogens with zero attached hydrogens (tertiary/aromatic N) is 3. The first-order valence-electron chi connectivity index (χ1n) is 9.62. The molecule has 166 valence electrons. The summed E-state index contributed by atoms with van der Waals surface area (Å²) in [5.41, 5.74) is 0.974. The van der Waals surface area contributed by atoms with Crippen molar-refractivity contribution < 1.29 is 14.0 Å². The van der Waals surface area contributed by atoms with Crippen molar-refractivity contribution in [3.63, 3.8) is 0 Å². The largest absolute Gasteiger partial charge is 0.321 e. The summed E-state index contributed by atoms with van der Waals surface area (Å²) in [6.45, 7) is 0. The fraction of sp³-hybridized carbons (Fsp3) is 0.0833. The minimum absolute atomic E-state index is 0.0886. The zero-order valence-corrected chi connectivity index (χ0v) is 18.5. The Hall–Kier alpha value is -4.22. The second-order valence-corrected chi connectivity index (χ2v) is 7.44. The molecule has 33 heavy (non-hydrogen) atoms. The van der Waals surface area contributed by atoms with Gasteiger partial charge in [0.1, 0.15) is 11.6 Å². The molecule has 0 saturated heterocycles. The number of benzene rings is 2. The highest BCUT2D eigenvalue weighted by atomic mass is 35.5. The Morgan fingerprint density at radius 3 is 2.48 bits per heavy atom. The molecule has 0 aliphatic heterocycles. The standard InChI is InChI=1S/C24H19ClFN5O2/c1-4-15-6-9-21(19(11-15)24(33)30-22-10-7-17(25)14-27-22)29-23(32)18-8-5-16(12-20(18)26)13-28-31(2)3/h1,5-14H,2-3H3,(H,29,32)(H,27,30,33). The number of carbonyl (C=O) groups is 2. The number of rotatable bonds is 6. The van der Waals surface area contributed by atoms with Crippen LogP contribution in [0.5, 0.6) is 0 Å². The van der Waals surface area contributed by atoms with Crippen molar-refractivity contribution in [3.8, 4) is 12.3 Å². The predicted molar refractivity (Wildman–Crippen MR) is 127 cm³/mol. The van der Waals surface area contributed by atoms with Crippen molar-refractivity contribution >= 4 is 41.1 Å². The van der Waals surface area contributed by atoms with Crippen molar-refractivity contribution in [1.82, 2.24) is 9.99 Å². The summed E-state index contributed by atoms with van der Waals surface area (Å²) >= 11 is 5.81. The number of hydrogen-bond acceptors (Lipinski definition) is 5. The third-order valence-corrected chi connectivity index (χ3v) is 4.55. The fourth-order valence-corrected chi connectivity index (χ4v) is 2.84. The Labute approximate surface area is 195 Å². The van der Waals surface area contributed by atoms with Crippen LogP contribution in [-0.4, -0.2) is 42.1 Å². The molecule has 1 heterocycles. The minimum atomic E-state index is -0.730. The van der Waals surface area contributed by atoms with Crippen LogP contribution in [0.1, 0.15) is 31.8 Å². The molecular weight excluding hydrogens is 445 g/mol. The number of amides is 2. The third kappa shape index (κ3) is 6.15. The van der Waals surface area contributed by atoms with E-state index in [1.165, 1.54) is 42.7 Å². The molecule has 3 rings (SSSR count). The molecule has 0 fully saturated rings. The van der Waals surface area contributed by atoms with E-state index in [9.17, 15) is 14.0 Å². The number of pyridine rings is 1. The van der Waals surface area contributed by atoms with Gasteiger partial charge in [-0.1, -0.05) is 23.6 Å². The van der Waals surface area contributed by atoms with E-state index < -0.39 is 17.6 Å². The predicted octanol–water partition coefficient (Wildman–Crippen LogP) is 4.26. The first-order valence-corrected chi connectivity index (χ1v) is 10.0. The van der Waals surface area contributed by atoms with E-state index in [0.717, 1.165) is 0 Å². The van der Waals surface area contributed by atoms with E-state index in [2.05, 4.69) is 26.6 Å². The van der Waals surface area contributed by atoms with Crippen molar-refractivity contribution in [2.24, 2.45) is 5.10 Å². The van der Waals surface area contributed by atoms with Gasteiger partial charge in [-0.2, -0.15) is 5.10 Å². The van der Waals surface area contributed by atoms with Gasteiger partial charge in [-0.25, -0.2) is 9.37 Å². The van der Waals surface area contributed by atoms with Gasteiger partial charge in [0.15, 0.2) is 0 Å². The fourth-order valence-electron chi connectivity index (χ4n) is 2.73. The van der Waals surface area contributed by atoms with E-state index in [0.29, 0.717) is 16.1 Å². The highest BCUT2D eigenvalue weighted by Gasteiger charge is 2.18. The highest BCUT2D eigenvalue weighted by molar-refractivity contribution is 6.30. The van der Waals surface area contributed by atoms with Crippen LogP contribution in [0.3, 0.4) is 0 Å². The van der Waals surface area contributed by atoms with Crippen molar-refractivity contribution in [2.45, 2.75) is 0 Å². The molecular formula is C24H19ClFN5O2. The first-order chi connectivity index (χ1) is 15.8. The number of halogens is 2. The van der Waals surface area contributed by atoms with Gasteiger partial charge < -0.3 is 15.6 Å². The quantitative estimate of drug-likeness (QED) is 0.325. The zero-order chi connectivity index (χ0) is 24.0. The Morgan fingerprint density at radius 1 is 1.09 bits per heavy atom. The van der Waals surface area contributed by atoms with E-state index >= 15 is 0 Å². The number of nitrogens with one attached hydrogen (secondary N) is 2. The number of anilines is 2. The number of hydrogen-bond donors (Lipinski definition) is 2. The van der Waals surface area contributed by atoms with E-state index in [4.69, 9.17) is 18.0 Å². The summed E-state index contributed by atoms with van der Waals surface area (Å²) < 4.78 is 14.6. The van der Waals surface area contributed by atoms with Crippen LogP contribution in [0.15, 0.2) is 59.8 Å². The molecule has 0 atom stereocenters. The normalized spacial score (nSPS) is 10.5. The maximum atomic E-state index is 14.6. The second-order valence-electron chi connectivity index (χ2n) is 7.01. The minimum Gasteiger partial charge on any atom is -0.321 e. The van der Waals surface area contributed by atoms with Gasteiger partial charge in [-0.05, 0) is 48.0 Å². The molecule has 2 aromatic carbocycles. The molecule has 9 heteroatoms. The summed E-state index contributed by atoms with van der Waals surface area (Å²) in [6, 6.07) is 11.7. The SMILES string of the molecule is C#Cc1ccc(NC(=O)c2ccc(C=NN(C)C)cc2F)c(C(=O)Nc2ccc(Cl)cn2)c1. The van der Waals surface area contributed by atoms with Gasteiger partial charge in [0.05, 0.1) is 28.1 Å². The van der Waals surface area contributed by atoms with Crippen LogP contribution in [0, 0.1) is 18.2 Å². The van der Waals surface area contributed by atoms with E-state index in [1.54, 1.807) is 37.3 Å². The Kier molecular flexibility index (Phi) is 7.38. The van der Waals surface area contributed by atoms with Gasteiger partial charge in [0, 0.05) is 25.9 Å². The zero-order valence-electron chi connectivity index (χ0n) is 17.8.